The number of aryl methyl sites for hydroxylation is 1. The number of fused-ring (bicyclic) bond motifs is 1. The van der Waals surface area contributed by atoms with Crippen molar-refractivity contribution >= 4 is 44.9 Å². The number of aromatic nitrogens is 2. The maximum Gasteiger partial charge on any atom is 0.291 e. The number of carbonyl (C=O) groups excluding carboxylic acids is 2. The van der Waals surface area contributed by atoms with Crippen molar-refractivity contribution in [3.8, 4) is 0 Å². The molecule has 5 rings (SSSR count). The summed E-state index contributed by atoms with van der Waals surface area (Å²) in [7, 11) is 0. The highest BCUT2D eigenvalue weighted by molar-refractivity contribution is 7.18. The molecule has 30 heavy (non-hydrogen) atoms. The van der Waals surface area contributed by atoms with Crippen LogP contribution in [0, 0.1) is 6.92 Å². The molecular weight excluding hydrogens is 400 g/mol. The molecule has 0 radical (unpaired) electrons. The van der Waals surface area contributed by atoms with Gasteiger partial charge >= 0.3 is 0 Å². The largest absolute Gasteiger partial charge is 0.459 e. The number of anilines is 2. The van der Waals surface area contributed by atoms with Crippen molar-refractivity contribution in [1.29, 1.82) is 0 Å². The quantitative estimate of drug-likeness (QED) is 0.408. The Hall–Kier alpha value is -3.39. The van der Waals surface area contributed by atoms with Crippen LogP contribution in [0.3, 0.4) is 0 Å². The van der Waals surface area contributed by atoms with E-state index in [1.54, 1.807) is 18.2 Å². The van der Waals surface area contributed by atoms with E-state index in [-0.39, 0.29) is 17.6 Å². The molecule has 3 aromatic heterocycles. The number of nitrogens with one attached hydrogen (secondary N) is 3. The number of amides is 2. The van der Waals surface area contributed by atoms with Crippen LogP contribution in [0.2, 0.25) is 0 Å². The first-order valence-corrected chi connectivity index (χ1v) is 10.6. The zero-order valence-corrected chi connectivity index (χ0v) is 17.1. The van der Waals surface area contributed by atoms with E-state index in [0.717, 1.165) is 22.4 Å². The first-order valence-electron chi connectivity index (χ1n) is 9.83. The molecule has 4 aromatic rings. The second kappa shape index (κ2) is 7.46. The third kappa shape index (κ3) is 3.50. The Morgan fingerprint density at radius 1 is 1.17 bits per heavy atom. The van der Waals surface area contributed by atoms with Crippen LogP contribution in [0.5, 0.6) is 0 Å². The minimum atomic E-state index is -0.347. The van der Waals surface area contributed by atoms with E-state index in [2.05, 4.69) is 20.6 Å². The zero-order valence-electron chi connectivity index (χ0n) is 16.3. The normalized spacial score (nSPS) is 13.9. The van der Waals surface area contributed by atoms with Crippen LogP contribution in [-0.4, -0.2) is 21.8 Å². The van der Waals surface area contributed by atoms with Gasteiger partial charge in [0.15, 0.2) is 5.76 Å². The Kier molecular flexibility index (Phi) is 4.63. The fourth-order valence-corrected chi connectivity index (χ4v) is 4.48. The summed E-state index contributed by atoms with van der Waals surface area (Å²) in [6.07, 6.45) is 5.06. The second-order valence-corrected chi connectivity index (χ2v) is 8.54. The minimum absolute atomic E-state index is 0.214. The standard InChI is InChI=1S/C22H20N4O3S/c1-12-10-18(26-21(27)17-6-3-9-29-17)30-19(12)22(28)23-14-7-8-15-16(11-14)25-20(24-15)13-4-2-5-13/h3,6-11,13H,2,4-5H2,1H3,(H,23,28)(H,24,25)(H,26,27). The molecule has 2 amide bonds. The van der Waals surface area contributed by atoms with Gasteiger partial charge in [0.05, 0.1) is 27.2 Å². The van der Waals surface area contributed by atoms with Gasteiger partial charge in [0.2, 0.25) is 0 Å². The Morgan fingerprint density at radius 2 is 2.03 bits per heavy atom. The van der Waals surface area contributed by atoms with E-state index in [4.69, 9.17) is 4.42 Å². The summed E-state index contributed by atoms with van der Waals surface area (Å²) < 4.78 is 5.10. The summed E-state index contributed by atoms with van der Waals surface area (Å²) in [5, 5.41) is 6.30. The Morgan fingerprint density at radius 3 is 2.77 bits per heavy atom. The molecule has 1 aromatic carbocycles. The number of hydrogen-bond donors (Lipinski definition) is 3. The lowest BCUT2D eigenvalue weighted by atomic mass is 9.85. The SMILES string of the molecule is Cc1cc(NC(=O)c2ccco2)sc1C(=O)Nc1ccc2nc(C3CCC3)[nH]c2c1. The number of imidazole rings is 1. The predicted octanol–water partition coefficient (Wildman–Crippen LogP) is 5.30. The Balaban J connectivity index is 1.31. The van der Waals surface area contributed by atoms with Crippen LogP contribution in [0.15, 0.2) is 47.1 Å². The first kappa shape index (κ1) is 18.6. The van der Waals surface area contributed by atoms with Gasteiger partial charge in [-0.25, -0.2) is 4.98 Å². The number of hydrogen-bond acceptors (Lipinski definition) is 5. The zero-order chi connectivity index (χ0) is 20.7. The van der Waals surface area contributed by atoms with Crippen LogP contribution in [0.4, 0.5) is 10.7 Å². The number of benzene rings is 1. The van der Waals surface area contributed by atoms with E-state index in [9.17, 15) is 9.59 Å². The van der Waals surface area contributed by atoms with Crippen LogP contribution < -0.4 is 10.6 Å². The number of nitrogens with zero attached hydrogens (tertiary/aromatic N) is 1. The van der Waals surface area contributed by atoms with Gasteiger partial charge in [-0.1, -0.05) is 6.42 Å². The highest BCUT2D eigenvalue weighted by atomic mass is 32.1. The molecule has 1 aliphatic rings. The molecule has 3 N–H and O–H groups in total. The van der Waals surface area contributed by atoms with Crippen LogP contribution in [0.25, 0.3) is 11.0 Å². The maximum atomic E-state index is 12.8. The van der Waals surface area contributed by atoms with Crippen LogP contribution in [-0.2, 0) is 0 Å². The van der Waals surface area contributed by atoms with Gasteiger partial charge in [-0.2, -0.15) is 0 Å². The molecule has 0 aliphatic heterocycles. The number of H-pyrrole nitrogens is 1. The average molecular weight is 420 g/mol. The van der Waals surface area contributed by atoms with E-state index in [1.807, 2.05) is 25.1 Å². The van der Waals surface area contributed by atoms with E-state index < -0.39 is 0 Å². The van der Waals surface area contributed by atoms with Crippen molar-refractivity contribution in [3.63, 3.8) is 0 Å². The minimum Gasteiger partial charge on any atom is -0.459 e. The summed E-state index contributed by atoms with van der Waals surface area (Å²) >= 11 is 1.23. The number of rotatable bonds is 5. The molecule has 7 nitrogen and oxygen atoms in total. The smallest absolute Gasteiger partial charge is 0.291 e. The lowest BCUT2D eigenvalue weighted by Crippen LogP contribution is -2.11. The Labute approximate surface area is 176 Å². The van der Waals surface area contributed by atoms with E-state index >= 15 is 0 Å². The predicted molar refractivity (Wildman–Crippen MR) is 116 cm³/mol. The van der Waals surface area contributed by atoms with Crippen molar-refractivity contribution in [2.75, 3.05) is 10.6 Å². The summed E-state index contributed by atoms with van der Waals surface area (Å²) in [6.45, 7) is 1.84. The van der Waals surface area contributed by atoms with Gasteiger partial charge < -0.3 is 20.0 Å². The average Bonchev–Trinajstić information content (AvgIpc) is 3.39. The topological polar surface area (TPSA) is 100 Å². The molecule has 0 unspecified atom stereocenters. The summed E-state index contributed by atoms with van der Waals surface area (Å²) in [5.74, 6) is 1.22. The molecule has 8 heteroatoms. The van der Waals surface area contributed by atoms with Crippen LogP contribution in [0.1, 0.15) is 56.8 Å². The number of thiophene rings is 1. The third-order valence-electron chi connectivity index (χ3n) is 5.36. The molecule has 0 spiro atoms. The number of carbonyl (C=O) groups is 2. The Bertz CT molecular complexity index is 1230. The van der Waals surface area contributed by atoms with Crippen molar-refractivity contribution in [3.05, 3.63) is 64.7 Å². The fraction of sp³-hybridized carbons (Fsp3) is 0.227. The van der Waals surface area contributed by atoms with Crippen LogP contribution >= 0.6 is 11.3 Å². The number of aromatic amines is 1. The lowest BCUT2D eigenvalue weighted by molar-refractivity contribution is 0.0995. The van der Waals surface area contributed by atoms with Gasteiger partial charge in [-0.05, 0) is 61.7 Å². The van der Waals surface area contributed by atoms with Gasteiger partial charge in [0, 0.05) is 11.6 Å². The fourth-order valence-electron chi connectivity index (χ4n) is 3.52. The molecule has 1 aliphatic carbocycles. The molecule has 0 atom stereocenters. The van der Waals surface area contributed by atoms with Crippen molar-refractivity contribution in [2.24, 2.45) is 0 Å². The first-order chi connectivity index (χ1) is 14.6. The third-order valence-corrected chi connectivity index (χ3v) is 6.51. The monoisotopic (exact) mass is 420 g/mol. The molecule has 0 saturated heterocycles. The van der Waals surface area contributed by atoms with Crippen molar-refractivity contribution in [1.82, 2.24) is 9.97 Å². The summed E-state index contributed by atoms with van der Waals surface area (Å²) in [6, 6.07) is 10.7. The molecule has 0 bridgehead atoms. The molecule has 152 valence electrons. The van der Waals surface area contributed by atoms with Crippen molar-refractivity contribution in [2.45, 2.75) is 32.1 Å². The van der Waals surface area contributed by atoms with Gasteiger partial charge in [-0.3, -0.25) is 9.59 Å². The molecule has 1 fully saturated rings. The summed E-state index contributed by atoms with van der Waals surface area (Å²) in [5.41, 5.74) is 3.32. The van der Waals surface area contributed by atoms with Gasteiger partial charge in [0.1, 0.15) is 5.82 Å². The second-order valence-electron chi connectivity index (χ2n) is 7.49. The highest BCUT2D eigenvalue weighted by Gasteiger charge is 2.23. The summed E-state index contributed by atoms with van der Waals surface area (Å²) in [4.78, 5) is 33.6. The van der Waals surface area contributed by atoms with Gasteiger partial charge in [0.25, 0.3) is 11.8 Å². The van der Waals surface area contributed by atoms with Crippen molar-refractivity contribution < 1.29 is 14.0 Å². The van der Waals surface area contributed by atoms with Gasteiger partial charge in [-0.15, -0.1) is 11.3 Å². The molecule has 3 heterocycles. The highest BCUT2D eigenvalue weighted by Crippen LogP contribution is 2.36. The molecule has 1 saturated carbocycles. The molecular formula is C22H20N4O3S. The lowest BCUT2D eigenvalue weighted by Gasteiger charge is -2.22. The van der Waals surface area contributed by atoms with E-state index in [0.29, 0.717) is 21.5 Å². The number of furan rings is 1. The maximum absolute atomic E-state index is 12.8. The van der Waals surface area contributed by atoms with E-state index in [1.165, 1.54) is 36.9 Å².